The Labute approximate surface area is 137 Å². The van der Waals surface area contributed by atoms with Crippen LogP contribution in [0.4, 0.5) is 5.69 Å². The largest absolute Gasteiger partial charge is 0.332 e. The first-order chi connectivity index (χ1) is 10.5. The normalized spacial score (nSPS) is 10.1. The van der Waals surface area contributed by atoms with Crippen molar-refractivity contribution in [3.63, 3.8) is 0 Å². The Morgan fingerprint density at radius 1 is 1.23 bits per heavy atom. The van der Waals surface area contributed by atoms with Crippen LogP contribution in [0.2, 0.25) is 0 Å². The Morgan fingerprint density at radius 2 is 1.91 bits per heavy atom. The van der Waals surface area contributed by atoms with Gasteiger partial charge >= 0.3 is 0 Å². The van der Waals surface area contributed by atoms with E-state index in [1.54, 1.807) is 31.6 Å². The van der Waals surface area contributed by atoms with Gasteiger partial charge in [-0.25, -0.2) is 0 Å². The topological polar surface area (TPSA) is 62.3 Å². The third-order valence-electron chi connectivity index (χ3n) is 3.12. The van der Waals surface area contributed by atoms with Crippen LogP contribution < -0.4 is 5.32 Å². The summed E-state index contributed by atoms with van der Waals surface area (Å²) in [5.74, 6) is -0.458. The number of amides is 2. The highest BCUT2D eigenvalue weighted by molar-refractivity contribution is 9.10. The number of benzene rings is 1. The molecule has 0 unspecified atom stereocenters. The number of likely N-dealkylation sites (N-methyl/N-ethyl adjacent to an activating group) is 1. The van der Waals surface area contributed by atoms with Crippen molar-refractivity contribution in [3.05, 3.63) is 58.3 Å². The molecule has 0 saturated carbocycles. The smallest absolute Gasteiger partial charge is 0.254 e. The second-order valence-electron chi connectivity index (χ2n) is 4.90. The summed E-state index contributed by atoms with van der Waals surface area (Å²) in [7, 11) is 1.59. The molecule has 22 heavy (non-hydrogen) atoms. The third kappa shape index (κ3) is 4.14. The Kier molecular flexibility index (Phi) is 5.27. The van der Waals surface area contributed by atoms with Gasteiger partial charge in [0, 0.05) is 35.2 Å². The number of rotatable bonds is 4. The van der Waals surface area contributed by atoms with E-state index >= 15 is 0 Å². The van der Waals surface area contributed by atoms with E-state index in [1.165, 1.54) is 4.90 Å². The SMILES string of the molecule is Cc1cc(Br)ccc1NC(=O)CN(C)C(=O)c1ccncc1. The quantitative estimate of drug-likeness (QED) is 0.910. The van der Waals surface area contributed by atoms with Gasteiger partial charge in [-0.05, 0) is 42.8 Å². The van der Waals surface area contributed by atoms with Crippen molar-refractivity contribution >= 4 is 33.4 Å². The van der Waals surface area contributed by atoms with Crippen LogP contribution in [-0.2, 0) is 4.79 Å². The zero-order valence-corrected chi connectivity index (χ0v) is 13.9. The highest BCUT2D eigenvalue weighted by Crippen LogP contribution is 2.19. The van der Waals surface area contributed by atoms with E-state index in [4.69, 9.17) is 0 Å². The van der Waals surface area contributed by atoms with E-state index in [1.807, 2.05) is 25.1 Å². The van der Waals surface area contributed by atoms with E-state index in [-0.39, 0.29) is 18.4 Å². The summed E-state index contributed by atoms with van der Waals surface area (Å²) in [6, 6.07) is 8.84. The van der Waals surface area contributed by atoms with Crippen LogP contribution in [0.5, 0.6) is 0 Å². The first-order valence-electron chi connectivity index (χ1n) is 6.69. The number of aromatic nitrogens is 1. The molecule has 2 rings (SSSR count). The monoisotopic (exact) mass is 361 g/mol. The molecule has 0 aliphatic heterocycles. The first kappa shape index (κ1) is 16.2. The fourth-order valence-corrected chi connectivity index (χ4v) is 2.43. The molecule has 0 radical (unpaired) electrons. The predicted octanol–water partition coefficient (Wildman–Crippen LogP) is 2.86. The van der Waals surface area contributed by atoms with Crippen molar-refractivity contribution in [1.29, 1.82) is 0 Å². The van der Waals surface area contributed by atoms with Crippen LogP contribution in [0, 0.1) is 6.92 Å². The van der Waals surface area contributed by atoms with Gasteiger partial charge in [0.2, 0.25) is 5.91 Å². The molecular weight excluding hydrogens is 346 g/mol. The first-order valence-corrected chi connectivity index (χ1v) is 7.48. The van der Waals surface area contributed by atoms with Crippen LogP contribution in [0.15, 0.2) is 47.2 Å². The fourth-order valence-electron chi connectivity index (χ4n) is 1.96. The maximum Gasteiger partial charge on any atom is 0.254 e. The molecule has 0 aliphatic carbocycles. The fraction of sp³-hybridized carbons (Fsp3) is 0.188. The molecule has 5 nitrogen and oxygen atoms in total. The lowest BCUT2D eigenvalue weighted by Crippen LogP contribution is -2.35. The maximum absolute atomic E-state index is 12.2. The number of anilines is 1. The van der Waals surface area contributed by atoms with Gasteiger partial charge in [0.05, 0.1) is 6.54 Å². The molecule has 0 saturated heterocycles. The lowest BCUT2D eigenvalue weighted by Gasteiger charge is -2.17. The summed E-state index contributed by atoms with van der Waals surface area (Å²) in [5, 5.41) is 2.81. The summed E-state index contributed by atoms with van der Waals surface area (Å²) >= 11 is 3.38. The van der Waals surface area contributed by atoms with Crippen LogP contribution in [-0.4, -0.2) is 35.3 Å². The van der Waals surface area contributed by atoms with Crippen LogP contribution >= 0.6 is 15.9 Å². The van der Waals surface area contributed by atoms with E-state index in [0.717, 1.165) is 15.7 Å². The van der Waals surface area contributed by atoms with E-state index < -0.39 is 0 Å². The molecule has 1 heterocycles. The Morgan fingerprint density at radius 3 is 2.55 bits per heavy atom. The zero-order valence-electron chi connectivity index (χ0n) is 12.3. The van der Waals surface area contributed by atoms with E-state index in [2.05, 4.69) is 26.2 Å². The van der Waals surface area contributed by atoms with Crippen LogP contribution in [0.25, 0.3) is 0 Å². The number of carbonyl (C=O) groups is 2. The van der Waals surface area contributed by atoms with Gasteiger partial charge in [0.25, 0.3) is 5.91 Å². The minimum Gasteiger partial charge on any atom is -0.332 e. The minimum absolute atomic E-state index is 0.0172. The number of pyridine rings is 1. The molecule has 0 aliphatic rings. The number of aryl methyl sites for hydroxylation is 1. The Balaban J connectivity index is 1.98. The third-order valence-corrected chi connectivity index (χ3v) is 3.61. The number of hydrogen-bond acceptors (Lipinski definition) is 3. The molecule has 114 valence electrons. The van der Waals surface area contributed by atoms with Gasteiger partial charge in [0.1, 0.15) is 0 Å². The lowest BCUT2D eigenvalue weighted by molar-refractivity contribution is -0.116. The molecule has 1 N–H and O–H groups in total. The molecule has 1 aromatic carbocycles. The van der Waals surface area contributed by atoms with Gasteiger partial charge in [0.15, 0.2) is 0 Å². The van der Waals surface area contributed by atoms with Gasteiger partial charge in [-0.2, -0.15) is 0 Å². The van der Waals surface area contributed by atoms with Gasteiger partial charge < -0.3 is 10.2 Å². The van der Waals surface area contributed by atoms with E-state index in [9.17, 15) is 9.59 Å². The summed E-state index contributed by atoms with van der Waals surface area (Å²) in [6.07, 6.45) is 3.10. The molecule has 2 aromatic rings. The Hall–Kier alpha value is -2.21. The average molecular weight is 362 g/mol. The highest BCUT2D eigenvalue weighted by atomic mass is 79.9. The molecule has 0 spiro atoms. The molecule has 1 aromatic heterocycles. The second-order valence-corrected chi connectivity index (χ2v) is 5.82. The number of halogens is 1. The van der Waals surface area contributed by atoms with Crippen molar-refractivity contribution in [2.24, 2.45) is 0 Å². The van der Waals surface area contributed by atoms with Crippen molar-refractivity contribution in [2.75, 3.05) is 18.9 Å². The van der Waals surface area contributed by atoms with Crippen molar-refractivity contribution in [3.8, 4) is 0 Å². The summed E-state index contributed by atoms with van der Waals surface area (Å²) in [6.45, 7) is 1.89. The van der Waals surface area contributed by atoms with Crippen molar-refractivity contribution in [2.45, 2.75) is 6.92 Å². The average Bonchev–Trinajstić information content (AvgIpc) is 2.50. The minimum atomic E-state index is -0.240. The second kappa shape index (κ2) is 7.17. The van der Waals surface area contributed by atoms with Crippen LogP contribution in [0.1, 0.15) is 15.9 Å². The number of carbonyl (C=O) groups excluding carboxylic acids is 2. The zero-order chi connectivity index (χ0) is 16.1. The number of nitrogens with one attached hydrogen (secondary N) is 1. The summed E-state index contributed by atoms with van der Waals surface area (Å²) in [4.78, 5) is 29.5. The lowest BCUT2D eigenvalue weighted by atomic mass is 10.2. The van der Waals surface area contributed by atoms with Gasteiger partial charge in [-0.1, -0.05) is 15.9 Å². The highest BCUT2D eigenvalue weighted by Gasteiger charge is 2.15. The molecule has 2 amide bonds. The van der Waals surface area contributed by atoms with Crippen molar-refractivity contribution < 1.29 is 9.59 Å². The molecule has 0 bridgehead atoms. The van der Waals surface area contributed by atoms with Crippen molar-refractivity contribution in [1.82, 2.24) is 9.88 Å². The summed E-state index contributed by atoms with van der Waals surface area (Å²) < 4.78 is 0.952. The Bertz CT molecular complexity index is 689. The molecule has 0 fully saturated rings. The predicted molar refractivity (Wildman–Crippen MR) is 88.7 cm³/mol. The summed E-state index contributed by atoms with van der Waals surface area (Å²) in [5.41, 5.74) is 2.19. The molecular formula is C16H16BrN3O2. The van der Waals surface area contributed by atoms with E-state index in [0.29, 0.717) is 5.56 Å². The standard InChI is InChI=1S/C16H16BrN3O2/c1-11-9-13(17)3-4-14(11)19-15(21)10-20(2)16(22)12-5-7-18-8-6-12/h3-9H,10H2,1-2H3,(H,19,21). The van der Waals surface area contributed by atoms with Crippen LogP contribution in [0.3, 0.4) is 0 Å². The molecule has 0 atom stereocenters. The molecule has 6 heteroatoms. The number of hydrogen-bond donors (Lipinski definition) is 1. The van der Waals surface area contributed by atoms with Gasteiger partial charge in [-0.3, -0.25) is 14.6 Å². The maximum atomic E-state index is 12.2. The van der Waals surface area contributed by atoms with Gasteiger partial charge in [-0.15, -0.1) is 0 Å². The number of nitrogens with zero attached hydrogens (tertiary/aromatic N) is 2.